The molecule has 0 fully saturated rings. The number of carbonyl (C=O) groups is 2. The van der Waals surface area contributed by atoms with Crippen LogP contribution in [0.15, 0.2) is 52.4 Å². The van der Waals surface area contributed by atoms with Crippen LogP contribution in [0.5, 0.6) is 0 Å². The second-order valence-electron chi connectivity index (χ2n) is 8.10. The molecule has 172 valence electrons. The van der Waals surface area contributed by atoms with Crippen molar-refractivity contribution >= 4 is 50.2 Å². The zero-order valence-corrected chi connectivity index (χ0v) is 21.3. The van der Waals surface area contributed by atoms with Gasteiger partial charge in [-0.15, -0.1) is 0 Å². The molecule has 6 nitrogen and oxygen atoms in total. The van der Waals surface area contributed by atoms with Gasteiger partial charge in [-0.3, -0.25) is 14.2 Å². The molecule has 0 radical (unpaired) electrons. The first-order valence-corrected chi connectivity index (χ1v) is 12.6. The van der Waals surface area contributed by atoms with E-state index in [-0.39, 0.29) is 23.9 Å². The van der Waals surface area contributed by atoms with Crippen LogP contribution in [0.1, 0.15) is 39.2 Å². The predicted octanol–water partition coefficient (Wildman–Crippen LogP) is 5.94. The standard InChI is InChI=1S/C25H26BrN3O3S/c1-4-32-24(31)18(11-16(2)3)12-19(30)15-33-25-28-14-23(26)29(25)22-10-9-17(13-27)20-7-5-6-8-21(20)22/h5-10,14,16,18H,4,11-12,15H2,1-3H3. The number of rotatable bonds is 10. The Morgan fingerprint density at radius 1 is 1.21 bits per heavy atom. The highest BCUT2D eigenvalue weighted by atomic mass is 79.9. The number of fused-ring (bicyclic) bond motifs is 1. The lowest BCUT2D eigenvalue weighted by atomic mass is 9.93. The molecule has 1 heterocycles. The van der Waals surface area contributed by atoms with Gasteiger partial charge >= 0.3 is 5.97 Å². The lowest BCUT2D eigenvalue weighted by Gasteiger charge is -2.17. The monoisotopic (exact) mass is 527 g/mol. The van der Waals surface area contributed by atoms with Gasteiger partial charge in [0.2, 0.25) is 0 Å². The van der Waals surface area contributed by atoms with Gasteiger partial charge < -0.3 is 4.74 Å². The van der Waals surface area contributed by atoms with Crippen molar-refractivity contribution in [2.24, 2.45) is 11.8 Å². The summed E-state index contributed by atoms with van der Waals surface area (Å²) in [5.41, 5.74) is 1.47. The van der Waals surface area contributed by atoms with Crippen LogP contribution in [0.2, 0.25) is 0 Å². The number of carbonyl (C=O) groups excluding carboxylic acids is 2. The molecule has 0 bridgehead atoms. The molecule has 0 N–H and O–H groups in total. The number of nitriles is 1. The van der Waals surface area contributed by atoms with E-state index in [4.69, 9.17) is 4.74 Å². The SMILES string of the molecule is CCOC(=O)C(CC(=O)CSc1ncc(Br)n1-c1ccc(C#N)c2ccccc12)CC(C)C. The number of ether oxygens (including phenoxy) is 1. The highest BCUT2D eigenvalue weighted by molar-refractivity contribution is 9.10. The largest absolute Gasteiger partial charge is 0.466 e. The molecule has 33 heavy (non-hydrogen) atoms. The maximum absolute atomic E-state index is 12.8. The average molecular weight is 528 g/mol. The summed E-state index contributed by atoms with van der Waals surface area (Å²) in [6.07, 6.45) is 2.47. The summed E-state index contributed by atoms with van der Waals surface area (Å²) in [6.45, 7) is 6.14. The lowest BCUT2D eigenvalue weighted by Crippen LogP contribution is -2.23. The third-order valence-electron chi connectivity index (χ3n) is 5.16. The van der Waals surface area contributed by atoms with Gasteiger partial charge in [0, 0.05) is 17.2 Å². The number of esters is 1. The zero-order chi connectivity index (χ0) is 24.0. The number of halogens is 1. The Kier molecular flexibility index (Phi) is 8.70. The second kappa shape index (κ2) is 11.5. The van der Waals surface area contributed by atoms with Crippen LogP contribution in [-0.4, -0.2) is 33.7 Å². The van der Waals surface area contributed by atoms with Gasteiger partial charge in [0.15, 0.2) is 5.16 Å². The molecule has 2 aromatic carbocycles. The number of thioether (sulfide) groups is 1. The van der Waals surface area contributed by atoms with Crippen molar-refractivity contribution in [2.45, 2.75) is 38.8 Å². The van der Waals surface area contributed by atoms with Crippen LogP contribution in [0.3, 0.4) is 0 Å². The third-order valence-corrected chi connectivity index (χ3v) is 6.73. The molecule has 3 aromatic rings. The van der Waals surface area contributed by atoms with Crippen molar-refractivity contribution in [3.63, 3.8) is 0 Å². The molecule has 8 heteroatoms. The van der Waals surface area contributed by atoms with E-state index in [1.54, 1.807) is 19.2 Å². The van der Waals surface area contributed by atoms with Crippen molar-refractivity contribution in [3.8, 4) is 11.8 Å². The second-order valence-corrected chi connectivity index (χ2v) is 9.85. The normalized spacial score (nSPS) is 12.0. The fraction of sp³-hybridized carbons (Fsp3) is 0.360. The molecule has 3 rings (SSSR count). The summed E-state index contributed by atoms with van der Waals surface area (Å²) >= 11 is 4.89. The van der Waals surface area contributed by atoms with Crippen LogP contribution >= 0.6 is 27.7 Å². The molecule has 0 aliphatic heterocycles. The number of ketones is 1. The van der Waals surface area contributed by atoms with Crippen molar-refractivity contribution in [3.05, 3.63) is 52.8 Å². The van der Waals surface area contributed by atoms with E-state index >= 15 is 0 Å². The van der Waals surface area contributed by atoms with Gasteiger partial charge in [-0.25, -0.2) is 4.98 Å². The van der Waals surface area contributed by atoms with Crippen LogP contribution in [0.4, 0.5) is 0 Å². The van der Waals surface area contributed by atoms with E-state index in [1.165, 1.54) is 11.8 Å². The summed E-state index contributed by atoms with van der Waals surface area (Å²) in [6, 6.07) is 13.6. The van der Waals surface area contributed by atoms with Crippen LogP contribution in [0.25, 0.3) is 16.5 Å². The minimum Gasteiger partial charge on any atom is -0.466 e. The number of Topliss-reactive ketones (excluding diaryl/α,β-unsaturated/α-hetero) is 1. The Bertz CT molecular complexity index is 1200. The van der Waals surface area contributed by atoms with Crippen LogP contribution in [0, 0.1) is 23.2 Å². The smallest absolute Gasteiger partial charge is 0.309 e. The Labute approximate surface area is 206 Å². The fourth-order valence-electron chi connectivity index (χ4n) is 3.78. The predicted molar refractivity (Wildman–Crippen MR) is 133 cm³/mol. The number of aromatic nitrogens is 2. The maximum Gasteiger partial charge on any atom is 0.309 e. The van der Waals surface area contributed by atoms with E-state index in [0.29, 0.717) is 29.7 Å². The summed E-state index contributed by atoms with van der Waals surface area (Å²) in [7, 11) is 0. The van der Waals surface area contributed by atoms with Gasteiger partial charge in [-0.2, -0.15) is 5.26 Å². The van der Waals surface area contributed by atoms with Gasteiger partial charge in [0.05, 0.1) is 41.8 Å². The Morgan fingerprint density at radius 3 is 2.61 bits per heavy atom. The Balaban J connectivity index is 1.82. The number of nitrogens with zero attached hydrogens (tertiary/aromatic N) is 3. The minimum absolute atomic E-state index is 0.0194. The highest BCUT2D eigenvalue weighted by Gasteiger charge is 2.25. The van der Waals surface area contributed by atoms with Crippen molar-refractivity contribution in [1.29, 1.82) is 5.26 Å². The summed E-state index contributed by atoms with van der Waals surface area (Å²) in [5, 5.41) is 11.9. The zero-order valence-electron chi connectivity index (χ0n) is 18.9. The molecule has 0 saturated carbocycles. The van der Waals surface area contributed by atoms with Crippen molar-refractivity contribution in [2.75, 3.05) is 12.4 Å². The maximum atomic E-state index is 12.8. The van der Waals surface area contributed by atoms with Crippen molar-refractivity contribution < 1.29 is 14.3 Å². The highest BCUT2D eigenvalue weighted by Crippen LogP contribution is 2.32. The summed E-state index contributed by atoms with van der Waals surface area (Å²) < 4.78 is 7.84. The van der Waals surface area contributed by atoms with E-state index in [2.05, 4.69) is 27.0 Å². The number of hydrogen-bond acceptors (Lipinski definition) is 6. The first-order chi connectivity index (χ1) is 15.8. The first-order valence-electron chi connectivity index (χ1n) is 10.8. The third kappa shape index (κ3) is 6.04. The Hall–Kier alpha value is -2.63. The molecular formula is C25H26BrN3O3S. The van der Waals surface area contributed by atoms with Crippen LogP contribution < -0.4 is 0 Å². The number of imidazole rings is 1. The molecule has 0 spiro atoms. The first kappa shape index (κ1) is 25.0. The van der Waals surface area contributed by atoms with Gasteiger partial charge in [-0.1, -0.05) is 49.9 Å². The van der Waals surface area contributed by atoms with E-state index in [1.807, 2.05) is 48.7 Å². The number of benzene rings is 2. The molecule has 1 unspecified atom stereocenters. The molecule has 0 amide bonds. The average Bonchev–Trinajstić information content (AvgIpc) is 3.16. The minimum atomic E-state index is -0.424. The van der Waals surface area contributed by atoms with Gasteiger partial charge in [0.1, 0.15) is 10.4 Å². The molecule has 1 atom stereocenters. The van der Waals surface area contributed by atoms with Crippen LogP contribution in [-0.2, 0) is 14.3 Å². The molecule has 0 aliphatic carbocycles. The van der Waals surface area contributed by atoms with Crippen molar-refractivity contribution in [1.82, 2.24) is 9.55 Å². The van der Waals surface area contributed by atoms with E-state index in [0.717, 1.165) is 21.1 Å². The van der Waals surface area contributed by atoms with Gasteiger partial charge in [0.25, 0.3) is 0 Å². The number of hydrogen-bond donors (Lipinski definition) is 0. The molecule has 0 saturated heterocycles. The molecule has 1 aromatic heterocycles. The van der Waals surface area contributed by atoms with Gasteiger partial charge in [-0.05, 0) is 47.3 Å². The quantitative estimate of drug-likeness (QED) is 0.239. The molecular weight excluding hydrogens is 502 g/mol. The lowest BCUT2D eigenvalue weighted by molar-refractivity contribution is -0.150. The summed E-state index contributed by atoms with van der Waals surface area (Å²) in [4.78, 5) is 29.5. The molecule has 0 aliphatic rings. The topological polar surface area (TPSA) is 85.0 Å². The summed E-state index contributed by atoms with van der Waals surface area (Å²) in [5.74, 6) is -0.260. The van der Waals surface area contributed by atoms with E-state index < -0.39 is 5.92 Å². The van der Waals surface area contributed by atoms with E-state index in [9.17, 15) is 14.9 Å². The Morgan fingerprint density at radius 2 is 1.94 bits per heavy atom. The fourth-order valence-corrected chi connectivity index (χ4v) is 5.22.